The minimum absolute atomic E-state index is 0.00883. The number of aromatic nitrogens is 2. The molecule has 2 unspecified atom stereocenters. The predicted octanol–water partition coefficient (Wildman–Crippen LogP) is 5.86. The SMILES string of the molecule is Cc1cc(C)c(NC(=O)C(C)Sc2ncnc3sc4c(c23)CCC(C)C4)c(C)c1. The Bertz CT molecular complexity index is 1070. The van der Waals surface area contributed by atoms with Crippen LogP contribution in [-0.4, -0.2) is 21.1 Å². The van der Waals surface area contributed by atoms with Crippen LogP contribution in [-0.2, 0) is 17.6 Å². The van der Waals surface area contributed by atoms with Crippen molar-refractivity contribution in [2.45, 2.75) is 64.2 Å². The van der Waals surface area contributed by atoms with Crippen LogP contribution in [0.5, 0.6) is 0 Å². The number of hydrogen-bond acceptors (Lipinski definition) is 5. The third-order valence-corrected chi connectivity index (χ3v) is 7.90. The van der Waals surface area contributed by atoms with Gasteiger partial charge in [-0.1, -0.05) is 36.4 Å². The van der Waals surface area contributed by atoms with E-state index >= 15 is 0 Å². The van der Waals surface area contributed by atoms with Crippen molar-refractivity contribution in [3.05, 3.63) is 45.6 Å². The molecule has 2 aromatic heterocycles. The molecular formula is C23H27N3OS2. The number of nitrogens with zero attached hydrogens (tertiary/aromatic N) is 2. The first-order valence-corrected chi connectivity index (χ1v) is 11.8. The van der Waals surface area contributed by atoms with Crippen LogP contribution in [0.4, 0.5) is 5.69 Å². The Kier molecular flexibility index (Phi) is 5.67. The Morgan fingerprint density at radius 1 is 1.24 bits per heavy atom. The van der Waals surface area contributed by atoms with Crippen LogP contribution in [0.15, 0.2) is 23.5 Å². The van der Waals surface area contributed by atoms with Crippen molar-refractivity contribution in [1.82, 2.24) is 9.97 Å². The van der Waals surface area contributed by atoms with Gasteiger partial charge in [0, 0.05) is 16.0 Å². The van der Waals surface area contributed by atoms with Crippen molar-refractivity contribution < 1.29 is 4.79 Å². The van der Waals surface area contributed by atoms with Crippen molar-refractivity contribution in [2.75, 3.05) is 5.32 Å². The van der Waals surface area contributed by atoms with Gasteiger partial charge < -0.3 is 5.32 Å². The van der Waals surface area contributed by atoms with Crippen molar-refractivity contribution in [1.29, 1.82) is 0 Å². The summed E-state index contributed by atoms with van der Waals surface area (Å²) in [4.78, 5) is 24.5. The molecule has 0 saturated heterocycles. The molecule has 3 aromatic rings. The quantitative estimate of drug-likeness (QED) is 0.420. The van der Waals surface area contributed by atoms with Gasteiger partial charge in [-0.25, -0.2) is 9.97 Å². The second-order valence-corrected chi connectivity index (χ2v) is 10.6. The Morgan fingerprint density at radius 2 is 1.97 bits per heavy atom. The van der Waals surface area contributed by atoms with Gasteiger partial charge in [-0.15, -0.1) is 11.3 Å². The largest absolute Gasteiger partial charge is 0.325 e. The maximum Gasteiger partial charge on any atom is 0.237 e. The molecule has 1 amide bonds. The average molecular weight is 426 g/mol. The molecule has 2 atom stereocenters. The lowest BCUT2D eigenvalue weighted by atomic mass is 9.89. The molecule has 0 radical (unpaired) electrons. The number of thioether (sulfide) groups is 1. The molecule has 0 fully saturated rings. The number of carbonyl (C=O) groups is 1. The molecule has 29 heavy (non-hydrogen) atoms. The summed E-state index contributed by atoms with van der Waals surface area (Å²) in [6, 6.07) is 4.21. The topological polar surface area (TPSA) is 54.9 Å². The summed E-state index contributed by atoms with van der Waals surface area (Å²) in [5.41, 5.74) is 5.73. The fraction of sp³-hybridized carbons (Fsp3) is 0.435. The molecule has 0 saturated carbocycles. The minimum atomic E-state index is -0.244. The molecule has 1 aromatic carbocycles. The zero-order valence-corrected chi connectivity index (χ0v) is 19.3. The van der Waals surface area contributed by atoms with Gasteiger partial charge in [0.05, 0.1) is 5.25 Å². The highest BCUT2D eigenvalue weighted by Gasteiger charge is 2.25. The van der Waals surface area contributed by atoms with E-state index in [2.05, 4.69) is 41.3 Å². The highest BCUT2D eigenvalue weighted by Crippen LogP contribution is 2.41. The first-order chi connectivity index (χ1) is 13.8. The van der Waals surface area contributed by atoms with E-state index in [1.165, 1.54) is 39.6 Å². The van der Waals surface area contributed by atoms with Gasteiger partial charge in [0.15, 0.2) is 0 Å². The molecule has 1 aliphatic rings. The van der Waals surface area contributed by atoms with Crippen LogP contribution in [0.1, 0.15) is 47.4 Å². The third kappa shape index (κ3) is 4.05. The molecule has 4 rings (SSSR count). The van der Waals surface area contributed by atoms with Gasteiger partial charge in [-0.3, -0.25) is 4.79 Å². The highest BCUT2D eigenvalue weighted by atomic mass is 32.2. The fourth-order valence-electron chi connectivity index (χ4n) is 4.16. The van der Waals surface area contributed by atoms with E-state index in [4.69, 9.17) is 0 Å². The van der Waals surface area contributed by atoms with E-state index in [9.17, 15) is 4.79 Å². The van der Waals surface area contributed by atoms with Crippen LogP contribution in [0.3, 0.4) is 0 Å². The van der Waals surface area contributed by atoms with E-state index < -0.39 is 0 Å². The van der Waals surface area contributed by atoms with E-state index in [-0.39, 0.29) is 11.2 Å². The standard InChI is InChI=1S/C23H27N3OS2/c1-12-6-7-17-18(10-12)29-23-19(17)22(24-11-25-23)28-16(5)21(27)26-20-14(3)8-13(2)9-15(20)4/h8-9,11-12,16H,6-7,10H2,1-5H3,(H,26,27). The number of aryl methyl sites for hydroxylation is 4. The maximum atomic E-state index is 12.9. The molecule has 1 N–H and O–H groups in total. The number of amides is 1. The molecular weight excluding hydrogens is 398 g/mol. The van der Waals surface area contributed by atoms with Gasteiger partial charge >= 0.3 is 0 Å². The Morgan fingerprint density at radius 3 is 2.69 bits per heavy atom. The average Bonchev–Trinajstić information content (AvgIpc) is 3.02. The summed E-state index contributed by atoms with van der Waals surface area (Å²) in [6.45, 7) is 10.4. The van der Waals surface area contributed by atoms with Crippen molar-refractivity contribution >= 4 is 44.9 Å². The minimum Gasteiger partial charge on any atom is -0.325 e. The second-order valence-electron chi connectivity index (χ2n) is 8.23. The number of anilines is 1. The highest BCUT2D eigenvalue weighted by molar-refractivity contribution is 8.00. The second kappa shape index (κ2) is 8.07. The number of benzene rings is 1. The number of hydrogen-bond donors (Lipinski definition) is 1. The van der Waals surface area contributed by atoms with Crippen molar-refractivity contribution in [2.24, 2.45) is 5.92 Å². The van der Waals surface area contributed by atoms with E-state index in [1.807, 2.05) is 20.8 Å². The van der Waals surface area contributed by atoms with Crippen molar-refractivity contribution in [3.63, 3.8) is 0 Å². The number of thiophene rings is 1. The lowest BCUT2D eigenvalue weighted by Gasteiger charge is -2.19. The molecule has 4 nitrogen and oxygen atoms in total. The monoisotopic (exact) mass is 425 g/mol. The van der Waals surface area contributed by atoms with Crippen molar-refractivity contribution in [3.8, 4) is 0 Å². The van der Waals surface area contributed by atoms with Crippen LogP contribution < -0.4 is 5.32 Å². The smallest absolute Gasteiger partial charge is 0.237 e. The third-order valence-electron chi connectivity index (χ3n) is 5.64. The van der Waals surface area contributed by atoms with Crippen LogP contribution in [0.25, 0.3) is 10.2 Å². The summed E-state index contributed by atoms with van der Waals surface area (Å²) in [6.07, 6.45) is 5.05. The van der Waals surface area contributed by atoms with Gasteiger partial charge in [0.1, 0.15) is 16.2 Å². The lowest BCUT2D eigenvalue weighted by molar-refractivity contribution is -0.115. The van der Waals surface area contributed by atoms with Gasteiger partial charge in [-0.2, -0.15) is 0 Å². The van der Waals surface area contributed by atoms with Crippen LogP contribution in [0, 0.1) is 26.7 Å². The first-order valence-electron chi connectivity index (χ1n) is 10.1. The molecule has 0 spiro atoms. The Balaban J connectivity index is 1.58. The summed E-state index contributed by atoms with van der Waals surface area (Å²) in [5, 5.41) is 5.00. The van der Waals surface area contributed by atoms with E-state index in [1.54, 1.807) is 17.7 Å². The van der Waals surface area contributed by atoms with Gasteiger partial charge in [0.25, 0.3) is 0 Å². The Labute approximate surface area is 180 Å². The molecule has 2 heterocycles. The normalized spacial score (nSPS) is 17.2. The summed E-state index contributed by atoms with van der Waals surface area (Å²) >= 11 is 3.33. The van der Waals surface area contributed by atoms with Gasteiger partial charge in [0.2, 0.25) is 5.91 Å². The number of fused-ring (bicyclic) bond motifs is 3. The molecule has 152 valence electrons. The van der Waals surface area contributed by atoms with Crippen LogP contribution >= 0.6 is 23.1 Å². The van der Waals surface area contributed by atoms with Gasteiger partial charge in [-0.05, 0) is 69.6 Å². The maximum absolute atomic E-state index is 12.9. The zero-order valence-electron chi connectivity index (χ0n) is 17.6. The fourth-order valence-corrected chi connectivity index (χ4v) is 6.52. The molecule has 6 heteroatoms. The number of nitrogens with one attached hydrogen (secondary N) is 1. The summed E-state index contributed by atoms with van der Waals surface area (Å²) < 4.78 is 0. The first kappa shape index (κ1) is 20.4. The summed E-state index contributed by atoms with van der Waals surface area (Å²) in [5.74, 6) is 0.736. The van der Waals surface area contributed by atoms with E-state index in [0.717, 1.165) is 45.4 Å². The number of rotatable bonds is 4. The summed E-state index contributed by atoms with van der Waals surface area (Å²) in [7, 11) is 0. The van der Waals surface area contributed by atoms with Crippen LogP contribution in [0.2, 0.25) is 0 Å². The molecule has 0 aliphatic heterocycles. The predicted molar refractivity (Wildman–Crippen MR) is 123 cm³/mol. The zero-order chi connectivity index (χ0) is 20.7. The lowest BCUT2D eigenvalue weighted by Crippen LogP contribution is -2.23. The number of carbonyl (C=O) groups excluding carboxylic acids is 1. The Hall–Kier alpha value is -1.92. The van der Waals surface area contributed by atoms with E-state index in [0.29, 0.717) is 0 Å². The molecule has 0 bridgehead atoms. The molecule has 1 aliphatic carbocycles.